The fraction of sp³-hybridized carbons (Fsp3) is 0.357. The first kappa shape index (κ1) is 15.0. The Labute approximate surface area is 128 Å². The van der Waals surface area contributed by atoms with Crippen LogP contribution in [0.5, 0.6) is 0 Å². The van der Waals surface area contributed by atoms with Gasteiger partial charge in [-0.2, -0.15) is 0 Å². The molecule has 0 spiro atoms. The van der Waals surface area contributed by atoms with Crippen molar-refractivity contribution < 1.29 is 4.42 Å². The third kappa shape index (κ3) is 4.05. The van der Waals surface area contributed by atoms with Gasteiger partial charge in [0.15, 0.2) is 0 Å². The largest absolute Gasteiger partial charge is 0.469 e. The highest BCUT2D eigenvalue weighted by Gasteiger charge is 2.09. The summed E-state index contributed by atoms with van der Waals surface area (Å²) in [6.07, 6.45) is 3.43. The minimum atomic E-state index is 0.511. The lowest BCUT2D eigenvalue weighted by atomic mass is 10.3. The number of anilines is 2. The summed E-state index contributed by atoms with van der Waals surface area (Å²) in [5.74, 6) is 2.20. The second-order valence-electron chi connectivity index (χ2n) is 4.33. The average molecular weight is 314 g/mol. The number of nitrogens with zero attached hydrogens (tertiary/aromatic N) is 1. The number of furan rings is 1. The summed E-state index contributed by atoms with van der Waals surface area (Å²) in [7, 11) is 0. The monoisotopic (exact) mass is 313 g/mol. The van der Waals surface area contributed by atoms with Gasteiger partial charge in [0.1, 0.15) is 17.4 Å². The highest BCUT2D eigenvalue weighted by Crippen LogP contribution is 2.29. The first-order chi connectivity index (χ1) is 9.70. The van der Waals surface area contributed by atoms with E-state index in [1.54, 1.807) is 12.3 Å². The summed E-state index contributed by atoms with van der Waals surface area (Å²) in [6, 6.07) is 5.51. The fourth-order valence-electron chi connectivity index (χ4n) is 1.72. The number of hydrogen-bond acceptors (Lipinski definition) is 4. The van der Waals surface area contributed by atoms with Gasteiger partial charge in [-0.25, -0.2) is 4.98 Å². The van der Waals surface area contributed by atoms with Crippen LogP contribution in [0.4, 0.5) is 11.6 Å². The molecule has 0 fully saturated rings. The SMILES string of the molecule is CCCNc1nc(NCCc2ccco2)c(Cl)cc1Cl. The van der Waals surface area contributed by atoms with Crippen LogP contribution in [0, 0.1) is 0 Å². The molecule has 0 amide bonds. The van der Waals surface area contributed by atoms with E-state index in [-0.39, 0.29) is 0 Å². The molecule has 0 saturated carbocycles. The zero-order chi connectivity index (χ0) is 14.4. The lowest BCUT2D eigenvalue weighted by molar-refractivity contribution is 0.513. The number of hydrogen-bond donors (Lipinski definition) is 2. The molecule has 0 unspecified atom stereocenters. The first-order valence-electron chi connectivity index (χ1n) is 6.57. The molecule has 0 aliphatic rings. The zero-order valence-electron chi connectivity index (χ0n) is 11.2. The molecule has 0 atom stereocenters. The van der Waals surface area contributed by atoms with Crippen molar-refractivity contribution in [1.82, 2.24) is 4.98 Å². The van der Waals surface area contributed by atoms with E-state index in [0.29, 0.717) is 28.2 Å². The fourth-order valence-corrected chi connectivity index (χ4v) is 2.21. The Morgan fingerprint density at radius 3 is 2.45 bits per heavy atom. The van der Waals surface area contributed by atoms with Crippen molar-refractivity contribution in [3.63, 3.8) is 0 Å². The van der Waals surface area contributed by atoms with E-state index in [2.05, 4.69) is 22.5 Å². The number of pyridine rings is 1. The van der Waals surface area contributed by atoms with E-state index in [9.17, 15) is 0 Å². The van der Waals surface area contributed by atoms with Gasteiger partial charge in [-0.05, 0) is 24.6 Å². The summed E-state index contributed by atoms with van der Waals surface area (Å²) in [5.41, 5.74) is 0. The zero-order valence-corrected chi connectivity index (χ0v) is 12.8. The molecule has 2 rings (SSSR count). The van der Waals surface area contributed by atoms with Gasteiger partial charge in [0.05, 0.1) is 16.3 Å². The lowest BCUT2D eigenvalue weighted by Crippen LogP contribution is -2.09. The maximum atomic E-state index is 6.14. The van der Waals surface area contributed by atoms with Crippen molar-refractivity contribution >= 4 is 34.8 Å². The molecule has 2 heterocycles. The van der Waals surface area contributed by atoms with Crippen LogP contribution >= 0.6 is 23.2 Å². The number of aromatic nitrogens is 1. The van der Waals surface area contributed by atoms with Crippen molar-refractivity contribution in [2.45, 2.75) is 19.8 Å². The number of rotatable bonds is 7. The molecule has 2 aromatic rings. The van der Waals surface area contributed by atoms with Gasteiger partial charge in [-0.15, -0.1) is 0 Å². The molecule has 20 heavy (non-hydrogen) atoms. The maximum Gasteiger partial charge on any atom is 0.147 e. The van der Waals surface area contributed by atoms with Gasteiger partial charge in [-0.1, -0.05) is 30.1 Å². The lowest BCUT2D eigenvalue weighted by Gasteiger charge is -2.11. The minimum Gasteiger partial charge on any atom is -0.469 e. The quantitative estimate of drug-likeness (QED) is 0.792. The molecule has 2 N–H and O–H groups in total. The van der Waals surface area contributed by atoms with Crippen LogP contribution in [0.15, 0.2) is 28.9 Å². The standard InChI is InChI=1S/C14H17Cl2N3O/c1-2-6-17-13-11(15)9-12(16)14(19-13)18-7-5-10-4-3-8-20-10/h3-4,8-9H,2,5-7H2,1H3,(H2,17,18,19). The van der Waals surface area contributed by atoms with Gasteiger partial charge in [-0.3, -0.25) is 0 Å². The molecule has 6 heteroatoms. The third-order valence-corrected chi connectivity index (χ3v) is 3.29. The Bertz CT molecular complexity index is 544. The van der Waals surface area contributed by atoms with Crippen LogP contribution in [0.3, 0.4) is 0 Å². The molecule has 0 bridgehead atoms. The molecule has 0 aromatic carbocycles. The summed E-state index contributed by atoms with van der Waals surface area (Å²) >= 11 is 12.2. The summed E-state index contributed by atoms with van der Waals surface area (Å²) in [4.78, 5) is 4.41. The molecule has 0 aliphatic carbocycles. The van der Waals surface area contributed by atoms with E-state index < -0.39 is 0 Å². The van der Waals surface area contributed by atoms with Crippen molar-refractivity contribution in [2.24, 2.45) is 0 Å². The van der Waals surface area contributed by atoms with Crippen LogP contribution in [0.25, 0.3) is 0 Å². The van der Waals surface area contributed by atoms with Gasteiger partial charge in [0.25, 0.3) is 0 Å². The Hall–Kier alpha value is -1.39. The second kappa shape index (κ2) is 7.41. The van der Waals surface area contributed by atoms with Crippen LogP contribution in [-0.2, 0) is 6.42 Å². The predicted molar refractivity (Wildman–Crippen MR) is 83.9 cm³/mol. The van der Waals surface area contributed by atoms with Gasteiger partial charge in [0, 0.05) is 19.5 Å². The van der Waals surface area contributed by atoms with Crippen molar-refractivity contribution in [3.05, 3.63) is 40.3 Å². The van der Waals surface area contributed by atoms with Crippen molar-refractivity contribution in [2.75, 3.05) is 23.7 Å². The average Bonchev–Trinajstić information content (AvgIpc) is 2.93. The van der Waals surface area contributed by atoms with Crippen molar-refractivity contribution in [3.8, 4) is 0 Å². The summed E-state index contributed by atoms with van der Waals surface area (Å²) in [5, 5.41) is 7.41. The molecular formula is C14H17Cl2N3O. The Morgan fingerprint density at radius 2 is 1.85 bits per heavy atom. The molecule has 0 radical (unpaired) electrons. The first-order valence-corrected chi connectivity index (χ1v) is 7.32. The molecular weight excluding hydrogens is 297 g/mol. The number of halogens is 2. The topological polar surface area (TPSA) is 50.1 Å². The van der Waals surface area contributed by atoms with Crippen LogP contribution in [0.2, 0.25) is 10.0 Å². The molecule has 0 saturated heterocycles. The molecule has 108 valence electrons. The van der Waals surface area contributed by atoms with E-state index in [0.717, 1.165) is 25.1 Å². The van der Waals surface area contributed by atoms with E-state index in [1.165, 1.54) is 0 Å². The molecule has 2 aromatic heterocycles. The molecule has 0 aliphatic heterocycles. The normalized spacial score (nSPS) is 10.6. The second-order valence-corrected chi connectivity index (χ2v) is 5.15. The Morgan fingerprint density at radius 1 is 1.15 bits per heavy atom. The third-order valence-electron chi connectivity index (χ3n) is 2.72. The Kier molecular flexibility index (Phi) is 5.56. The summed E-state index contributed by atoms with van der Waals surface area (Å²) in [6.45, 7) is 3.59. The van der Waals surface area contributed by atoms with Gasteiger partial charge >= 0.3 is 0 Å². The number of nitrogens with one attached hydrogen (secondary N) is 2. The predicted octanol–water partition coefficient (Wildman–Crippen LogP) is 4.46. The van der Waals surface area contributed by atoms with Gasteiger partial charge in [0.2, 0.25) is 0 Å². The van der Waals surface area contributed by atoms with Crippen molar-refractivity contribution in [1.29, 1.82) is 0 Å². The van der Waals surface area contributed by atoms with E-state index in [4.69, 9.17) is 27.6 Å². The Balaban J connectivity index is 1.99. The van der Waals surface area contributed by atoms with Crippen LogP contribution in [0.1, 0.15) is 19.1 Å². The highest BCUT2D eigenvalue weighted by atomic mass is 35.5. The van der Waals surface area contributed by atoms with E-state index in [1.807, 2.05) is 12.1 Å². The minimum absolute atomic E-state index is 0.511. The smallest absolute Gasteiger partial charge is 0.147 e. The van der Waals surface area contributed by atoms with Crippen LogP contribution < -0.4 is 10.6 Å². The maximum absolute atomic E-state index is 6.14. The van der Waals surface area contributed by atoms with Crippen LogP contribution in [-0.4, -0.2) is 18.1 Å². The summed E-state index contributed by atoms with van der Waals surface area (Å²) < 4.78 is 5.27. The van der Waals surface area contributed by atoms with E-state index >= 15 is 0 Å². The van der Waals surface area contributed by atoms with Gasteiger partial charge < -0.3 is 15.1 Å². The highest BCUT2D eigenvalue weighted by molar-refractivity contribution is 6.37. The molecule has 4 nitrogen and oxygen atoms in total.